The molecule has 2 nitrogen and oxygen atoms in total. The molecule has 1 aromatic carbocycles. The second-order valence-electron chi connectivity index (χ2n) is 4.55. The third-order valence-corrected chi connectivity index (χ3v) is 2.83. The molecule has 1 rings (SSSR count). The van der Waals surface area contributed by atoms with E-state index in [2.05, 4.69) is 25.7 Å². The van der Waals surface area contributed by atoms with Gasteiger partial charge in [0.25, 0.3) is 0 Å². The number of benzene rings is 1. The number of rotatable bonds is 4. The van der Waals surface area contributed by atoms with Gasteiger partial charge >= 0.3 is 0 Å². The van der Waals surface area contributed by atoms with Gasteiger partial charge in [-0.2, -0.15) is 5.26 Å². The van der Waals surface area contributed by atoms with E-state index in [9.17, 15) is 0 Å². The predicted molar refractivity (Wildman–Crippen MR) is 69.3 cm³/mol. The van der Waals surface area contributed by atoms with Crippen molar-refractivity contribution in [3.8, 4) is 6.07 Å². The van der Waals surface area contributed by atoms with Gasteiger partial charge < -0.3 is 4.43 Å². The van der Waals surface area contributed by atoms with Crippen LogP contribution in [0.3, 0.4) is 0 Å². The summed E-state index contributed by atoms with van der Waals surface area (Å²) in [6.07, 6.45) is 3.30. The van der Waals surface area contributed by atoms with Gasteiger partial charge in [0.2, 0.25) is 0 Å². The van der Waals surface area contributed by atoms with E-state index in [1.165, 1.54) is 0 Å². The first-order valence-corrected chi connectivity index (χ1v) is 8.73. The lowest BCUT2D eigenvalue weighted by molar-refractivity contribution is 0.297. The van der Waals surface area contributed by atoms with Crippen molar-refractivity contribution in [2.75, 3.05) is 0 Å². The Morgan fingerprint density at radius 1 is 1.25 bits per heavy atom. The van der Waals surface area contributed by atoms with Crippen LogP contribution in [0.15, 0.2) is 36.4 Å². The molecule has 0 aliphatic heterocycles. The molecule has 0 aliphatic carbocycles. The highest BCUT2D eigenvalue weighted by Crippen LogP contribution is 2.09. The van der Waals surface area contributed by atoms with E-state index in [-0.39, 0.29) is 0 Å². The number of hydrogen-bond acceptors (Lipinski definition) is 2. The molecule has 0 amide bonds. The SMILES string of the molecule is C[Si](C)(C)OC(C#N)/C=C/c1ccccc1. The van der Waals surface area contributed by atoms with E-state index in [0.29, 0.717) is 0 Å². The zero-order chi connectivity index (χ0) is 12.0. The molecule has 0 spiro atoms. The van der Waals surface area contributed by atoms with Crippen LogP contribution >= 0.6 is 0 Å². The molecule has 0 heterocycles. The minimum atomic E-state index is -1.65. The molecule has 0 bridgehead atoms. The van der Waals surface area contributed by atoms with Crippen molar-refractivity contribution >= 4 is 14.4 Å². The molecule has 0 aromatic heterocycles. The zero-order valence-electron chi connectivity index (χ0n) is 9.97. The van der Waals surface area contributed by atoms with Gasteiger partial charge in [0.05, 0.1) is 6.07 Å². The molecule has 0 radical (unpaired) electrons. The van der Waals surface area contributed by atoms with Crippen LogP contribution in [0, 0.1) is 11.3 Å². The maximum absolute atomic E-state index is 8.96. The fourth-order valence-electron chi connectivity index (χ4n) is 1.25. The summed E-state index contributed by atoms with van der Waals surface area (Å²) in [5.41, 5.74) is 1.09. The molecule has 0 N–H and O–H groups in total. The van der Waals surface area contributed by atoms with Gasteiger partial charge in [0.15, 0.2) is 14.4 Å². The highest BCUT2D eigenvalue weighted by molar-refractivity contribution is 6.69. The standard InChI is InChI=1S/C13H17NOSi/c1-16(2,3)15-13(11-14)10-9-12-7-5-4-6-8-12/h4-10,13H,1-3H3/b10-9+. The van der Waals surface area contributed by atoms with Crippen molar-refractivity contribution in [2.45, 2.75) is 25.7 Å². The average Bonchev–Trinajstić information content (AvgIpc) is 2.24. The molecule has 1 unspecified atom stereocenters. The first kappa shape index (κ1) is 12.7. The quantitative estimate of drug-likeness (QED) is 0.744. The second kappa shape index (κ2) is 5.64. The average molecular weight is 231 g/mol. The third-order valence-electron chi connectivity index (χ3n) is 1.87. The summed E-state index contributed by atoms with van der Waals surface area (Å²) in [7, 11) is -1.65. The van der Waals surface area contributed by atoms with Crippen LogP contribution in [0.2, 0.25) is 19.6 Å². The fraction of sp³-hybridized carbons (Fsp3) is 0.308. The number of nitriles is 1. The topological polar surface area (TPSA) is 33.0 Å². The van der Waals surface area contributed by atoms with Crippen molar-refractivity contribution in [3.05, 3.63) is 42.0 Å². The highest BCUT2D eigenvalue weighted by atomic mass is 28.4. The molecular formula is C13H17NOSi. The monoisotopic (exact) mass is 231 g/mol. The van der Waals surface area contributed by atoms with Crippen LogP contribution in [0.5, 0.6) is 0 Å². The normalized spacial score (nSPS) is 13.6. The highest BCUT2D eigenvalue weighted by Gasteiger charge is 2.18. The molecule has 0 fully saturated rings. The summed E-state index contributed by atoms with van der Waals surface area (Å²) in [5.74, 6) is 0. The van der Waals surface area contributed by atoms with E-state index in [1.807, 2.05) is 42.5 Å². The van der Waals surface area contributed by atoms with E-state index in [0.717, 1.165) is 5.56 Å². The maximum atomic E-state index is 8.96. The van der Waals surface area contributed by atoms with Gasteiger partial charge in [-0.15, -0.1) is 0 Å². The minimum Gasteiger partial charge on any atom is -0.399 e. The van der Waals surface area contributed by atoms with E-state index in [1.54, 1.807) is 0 Å². The molecule has 3 heteroatoms. The van der Waals surface area contributed by atoms with Gasteiger partial charge in [0.1, 0.15) is 0 Å². The molecular weight excluding hydrogens is 214 g/mol. The predicted octanol–water partition coefficient (Wildman–Crippen LogP) is 3.44. The number of hydrogen-bond donors (Lipinski definition) is 0. The van der Waals surface area contributed by atoms with Crippen LogP contribution in [0.1, 0.15) is 5.56 Å². The first-order chi connectivity index (χ1) is 7.51. The van der Waals surface area contributed by atoms with Crippen molar-refractivity contribution < 1.29 is 4.43 Å². The van der Waals surface area contributed by atoms with Crippen molar-refractivity contribution in [3.63, 3.8) is 0 Å². The Hall–Kier alpha value is -1.37. The van der Waals surface area contributed by atoms with Crippen molar-refractivity contribution in [2.24, 2.45) is 0 Å². The van der Waals surface area contributed by atoms with Gasteiger partial charge in [-0.25, -0.2) is 0 Å². The third kappa shape index (κ3) is 4.92. The molecule has 16 heavy (non-hydrogen) atoms. The van der Waals surface area contributed by atoms with Crippen molar-refractivity contribution in [1.82, 2.24) is 0 Å². The summed E-state index contributed by atoms with van der Waals surface area (Å²) in [6, 6.07) is 12.1. The van der Waals surface area contributed by atoms with Crippen molar-refractivity contribution in [1.29, 1.82) is 5.26 Å². The lowest BCUT2D eigenvalue weighted by atomic mass is 10.2. The second-order valence-corrected chi connectivity index (χ2v) is 9.01. The Labute approximate surface area is 98.3 Å². The summed E-state index contributed by atoms with van der Waals surface area (Å²) in [4.78, 5) is 0. The Kier molecular flexibility index (Phi) is 4.48. The molecule has 0 saturated carbocycles. The maximum Gasteiger partial charge on any atom is 0.185 e. The molecule has 1 aromatic rings. The first-order valence-electron chi connectivity index (χ1n) is 5.32. The van der Waals surface area contributed by atoms with Gasteiger partial charge in [-0.3, -0.25) is 0 Å². The van der Waals surface area contributed by atoms with E-state index < -0.39 is 14.4 Å². The minimum absolute atomic E-state index is 0.438. The van der Waals surface area contributed by atoms with E-state index >= 15 is 0 Å². The zero-order valence-corrected chi connectivity index (χ0v) is 11.0. The Morgan fingerprint density at radius 3 is 2.38 bits per heavy atom. The van der Waals surface area contributed by atoms with Gasteiger partial charge in [0, 0.05) is 0 Å². The lowest BCUT2D eigenvalue weighted by Crippen LogP contribution is -2.30. The summed E-state index contributed by atoms with van der Waals surface area (Å²) < 4.78 is 5.70. The summed E-state index contributed by atoms with van der Waals surface area (Å²) in [5, 5.41) is 8.96. The number of nitrogens with zero attached hydrogens (tertiary/aromatic N) is 1. The Morgan fingerprint density at radius 2 is 1.88 bits per heavy atom. The van der Waals surface area contributed by atoms with Crippen LogP contribution < -0.4 is 0 Å². The fourth-order valence-corrected chi connectivity index (χ4v) is 2.15. The Bertz CT molecular complexity index is 387. The molecule has 1 atom stereocenters. The molecule has 0 aliphatic rings. The Balaban J connectivity index is 2.65. The molecule has 84 valence electrons. The molecule has 0 saturated heterocycles. The smallest absolute Gasteiger partial charge is 0.185 e. The van der Waals surface area contributed by atoms with Crippen LogP contribution in [-0.4, -0.2) is 14.4 Å². The van der Waals surface area contributed by atoms with E-state index in [4.69, 9.17) is 9.69 Å². The summed E-state index contributed by atoms with van der Waals surface area (Å²) in [6.45, 7) is 6.23. The largest absolute Gasteiger partial charge is 0.399 e. The van der Waals surface area contributed by atoms with Gasteiger partial charge in [-0.05, 0) is 31.3 Å². The van der Waals surface area contributed by atoms with Crippen LogP contribution in [-0.2, 0) is 4.43 Å². The van der Waals surface area contributed by atoms with Gasteiger partial charge in [-0.1, -0.05) is 36.4 Å². The van der Waals surface area contributed by atoms with Crippen LogP contribution in [0.4, 0.5) is 0 Å². The lowest BCUT2D eigenvalue weighted by Gasteiger charge is -2.19. The summed E-state index contributed by atoms with van der Waals surface area (Å²) >= 11 is 0. The van der Waals surface area contributed by atoms with Crippen LogP contribution in [0.25, 0.3) is 6.08 Å².